The van der Waals surface area contributed by atoms with Crippen LogP contribution in [-0.4, -0.2) is 24.9 Å². The summed E-state index contributed by atoms with van der Waals surface area (Å²) < 4.78 is 0.885. The number of amides is 2. The average Bonchev–Trinajstić information content (AvgIpc) is 2.57. The molecule has 2 amide bonds. The summed E-state index contributed by atoms with van der Waals surface area (Å²) in [6.07, 6.45) is 7.26. The molecule has 0 saturated heterocycles. The van der Waals surface area contributed by atoms with E-state index in [2.05, 4.69) is 26.6 Å². The number of benzene rings is 1. The molecule has 0 atom stereocenters. The minimum Gasteiger partial charge on any atom is -0.354 e. The van der Waals surface area contributed by atoms with E-state index in [0.717, 1.165) is 41.5 Å². The van der Waals surface area contributed by atoms with E-state index in [0.29, 0.717) is 18.7 Å². The fourth-order valence-electron chi connectivity index (χ4n) is 5.66. The van der Waals surface area contributed by atoms with Crippen molar-refractivity contribution in [1.29, 1.82) is 0 Å². The summed E-state index contributed by atoms with van der Waals surface area (Å²) in [4.78, 5) is 24.9. The van der Waals surface area contributed by atoms with Gasteiger partial charge in [0.2, 0.25) is 5.91 Å². The summed E-state index contributed by atoms with van der Waals surface area (Å²) in [6, 6.07) is 7.31. The Morgan fingerprint density at radius 1 is 1.00 bits per heavy atom. The molecule has 0 radical (unpaired) electrons. The summed E-state index contributed by atoms with van der Waals surface area (Å²) in [5.74, 6) is 2.43. The van der Waals surface area contributed by atoms with Crippen molar-refractivity contribution in [3.05, 3.63) is 34.3 Å². The van der Waals surface area contributed by atoms with E-state index in [1.807, 2.05) is 12.1 Å². The van der Waals surface area contributed by atoms with Crippen LogP contribution in [-0.2, 0) is 4.79 Å². The van der Waals surface area contributed by atoms with Gasteiger partial charge < -0.3 is 10.6 Å². The van der Waals surface area contributed by atoms with Gasteiger partial charge in [-0.05, 0) is 74.5 Å². The van der Waals surface area contributed by atoms with Crippen LogP contribution in [0.2, 0.25) is 0 Å². The molecule has 1 aromatic rings. The molecule has 0 aromatic heterocycles. The van der Waals surface area contributed by atoms with Crippen molar-refractivity contribution >= 4 is 27.7 Å². The van der Waals surface area contributed by atoms with E-state index < -0.39 is 0 Å². The van der Waals surface area contributed by atoms with E-state index in [1.54, 1.807) is 12.1 Å². The highest BCUT2D eigenvalue weighted by Crippen LogP contribution is 2.60. The molecule has 4 fully saturated rings. The zero-order valence-electron chi connectivity index (χ0n) is 14.4. The first-order valence-corrected chi connectivity index (χ1v) is 10.2. The minimum atomic E-state index is -0.108. The normalized spacial score (nSPS) is 32.4. The molecule has 4 bridgehead atoms. The van der Waals surface area contributed by atoms with Gasteiger partial charge in [-0.15, -0.1) is 0 Å². The van der Waals surface area contributed by atoms with Crippen LogP contribution >= 0.6 is 15.9 Å². The fraction of sp³-hybridized carbons (Fsp3) is 0.600. The van der Waals surface area contributed by atoms with Gasteiger partial charge in [0.25, 0.3) is 5.91 Å². The van der Waals surface area contributed by atoms with Gasteiger partial charge in [0.1, 0.15) is 0 Å². The van der Waals surface area contributed by atoms with Gasteiger partial charge in [-0.2, -0.15) is 0 Å². The molecule has 0 unspecified atom stereocenters. The molecular formula is C20H25BrN2O2. The fourth-order valence-corrected chi connectivity index (χ4v) is 6.06. The van der Waals surface area contributed by atoms with Crippen LogP contribution in [0.1, 0.15) is 48.9 Å². The molecule has 134 valence electrons. The monoisotopic (exact) mass is 404 g/mol. The SMILES string of the molecule is O=C(NCCNC(=O)C12CC3CC(CC(C3)C1)C2)c1cccc(Br)c1. The number of halogens is 1. The summed E-state index contributed by atoms with van der Waals surface area (Å²) in [6.45, 7) is 0.962. The van der Waals surface area contributed by atoms with Crippen molar-refractivity contribution in [2.24, 2.45) is 23.2 Å². The lowest BCUT2D eigenvalue weighted by molar-refractivity contribution is -0.146. The highest BCUT2D eigenvalue weighted by molar-refractivity contribution is 9.10. The van der Waals surface area contributed by atoms with E-state index in [9.17, 15) is 9.59 Å². The molecule has 1 aromatic carbocycles. The number of carbonyl (C=O) groups is 2. The van der Waals surface area contributed by atoms with Crippen molar-refractivity contribution in [2.75, 3.05) is 13.1 Å². The summed E-state index contributed by atoms with van der Waals surface area (Å²) >= 11 is 3.37. The van der Waals surface area contributed by atoms with Crippen LogP contribution in [0.3, 0.4) is 0 Å². The number of rotatable bonds is 5. The van der Waals surface area contributed by atoms with Gasteiger partial charge in [0.15, 0.2) is 0 Å². The Labute approximate surface area is 157 Å². The maximum absolute atomic E-state index is 12.8. The molecule has 0 spiro atoms. The van der Waals surface area contributed by atoms with Crippen LogP contribution in [0.15, 0.2) is 28.7 Å². The quantitative estimate of drug-likeness (QED) is 0.737. The Morgan fingerprint density at radius 2 is 1.60 bits per heavy atom. The maximum atomic E-state index is 12.8. The van der Waals surface area contributed by atoms with Gasteiger partial charge >= 0.3 is 0 Å². The third-order valence-electron chi connectivity index (χ3n) is 6.30. The number of nitrogens with one attached hydrogen (secondary N) is 2. The van der Waals surface area contributed by atoms with Crippen LogP contribution in [0.25, 0.3) is 0 Å². The van der Waals surface area contributed by atoms with Crippen LogP contribution in [0, 0.1) is 23.2 Å². The number of hydrogen-bond acceptors (Lipinski definition) is 2. The zero-order valence-corrected chi connectivity index (χ0v) is 16.0. The van der Waals surface area contributed by atoms with Gasteiger partial charge in [0, 0.05) is 28.5 Å². The van der Waals surface area contributed by atoms with Crippen molar-refractivity contribution < 1.29 is 9.59 Å². The van der Waals surface area contributed by atoms with Crippen LogP contribution in [0.4, 0.5) is 0 Å². The van der Waals surface area contributed by atoms with E-state index >= 15 is 0 Å². The third-order valence-corrected chi connectivity index (χ3v) is 6.80. The first-order valence-electron chi connectivity index (χ1n) is 9.36. The largest absolute Gasteiger partial charge is 0.354 e. The van der Waals surface area contributed by atoms with Crippen LogP contribution < -0.4 is 10.6 Å². The molecule has 5 heteroatoms. The molecule has 0 heterocycles. The molecule has 5 rings (SSSR count). The van der Waals surface area contributed by atoms with Gasteiger partial charge in [-0.1, -0.05) is 22.0 Å². The zero-order chi connectivity index (χ0) is 17.4. The number of hydrogen-bond donors (Lipinski definition) is 2. The molecule has 4 nitrogen and oxygen atoms in total. The molecule has 4 aliphatic carbocycles. The Morgan fingerprint density at radius 3 is 2.20 bits per heavy atom. The standard InChI is InChI=1S/C20H25BrN2O2/c21-17-3-1-2-16(9-17)18(24)22-4-5-23-19(25)20-10-13-6-14(11-20)8-15(7-13)12-20/h1-3,9,13-15H,4-8,10-12H2,(H,22,24)(H,23,25). The lowest BCUT2D eigenvalue weighted by Gasteiger charge is -2.55. The highest BCUT2D eigenvalue weighted by Gasteiger charge is 2.54. The second-order valence-corrected chi connectivity index (χ2v) is 9.14. The third kappa shape index (κ3) is 3.48. The molecule has 4 saturated carbocycles. The number of carbonyl (C=O) groups excluding carboxylic acids is 2. The summed E-state index contributed by atoms with van der Waals surface area (Å²) in [5, 5.41) is 5.98. The van der Waals surface area contributed by atoms with Crippen LogP contribution in [0.5, 0.6) is 0 Å². The molecule has 4 aliphatic rings. The Balaban J connectivity index is 1.26. The van der Waals surface area contributed by atoms with Gasteiger partial charge in [0.05, 0.1) is 0 Å². The predicted octanol–water partition coefficient (Wildman–Crippen LogP) is 3.51. The summed E-state index contributed by atoms with van der Waals surface area (Å²) in [7, 11) is 0. The predicted molar refractivity (Wildman–Crippen MR) is 100 cm³/mol. The Kier molecular flexibility index (Phi) is 4.61. The molecule has 2 N–H and O–H groups in total. The van der Waals surface area contributed by atoms with E-state index in [1.165, 1.54) is 19.3 Å². The lowest BCUT2D eigenvalue weighted by atomic mass is 9.49. The van der Waals surface area contributed by atoms with Gasteiger partial charge in [-0.25, -0.2) is 0 Å². The van der Waals surface area contributed by atoms with E-state index in [-0.39, 0.29) is 17.2 Å². The minimum absolute atomic E-state index is 0.106. The first kappa shape index (κ1) is 17.1. The topological polar surface area (TPSA) is 58.2 Å². The highest BCUT2D eigenvalue weighted by atomic mass is 79.9. The summed E-state index contributed by atoms with van der Waals surface area (Å²) in [5.41, 5.74) is 0.519. The van der Waals surface area contributed by atoms with E-state index in [4.69, 9.17) is 0 Å². The van der Waals surface area contributed by atoms with Crippen molar-refractivity contribution in [1.82, 2.24) is 10.6 Å². The smallest absolute Gasteiger partial charge is 0.251 e. The molecular weight excluding hydrogens is 380 g/mol. The second-order valence-electron chi connectivity index (χ2n) is 8.22. The molecule has 25 heavy (non-hydrogen) atoms. The Bertz CT molecular complexity index is 653. The second kappa shape index (κ2) is 6.75. The lowest BCUT2D eigenvalue weighted by Crippen LogP contribution is -2.54. The maximum Gasteiger partial charge on any atom is 0.251 e. The van der Waals surface area contributed by atoms with Gasteiger partial charge in [-0.3, -0.25) is 9.59 Å². The average molecular weight is 405 g/mol. The van der Waals surface area contributed by atoms with Crippen molar-refractivity contribution in [3.63, 3.8) is 0 Å². The first-order chi connectivity index (χ1) is 12.0. The Hall–Kier alpha value is -1.36. The molecule has 0 aliphatic heterocycles. The van der Waals surface area contributed by atoms with Crippen molar-refractivity contribution in [3.8, 4) is 0 Å². The van der Waals surface area contributed by atoms with Crippen molar-refractivity contribution in [2.45, 2.75) is 38.5 Å².